The minimum absolute atomic E-state index is 0. The van der Waals surface area contributed by atoms with Gasteiger partial charge in [0.05, 0.1) is 23.2 Å². The third-order valence-corrected chi connectivity index (χ3v) is 20.0. The number of carbonyl (C=O) groups excluding carboxylic acids is 2. The Hall–Kier alpha value is -2.69. The Balaban J connectivity index is 0.000000361. The molecule has 0 aliphatic carbocycles. The van der Waals surface area contributed by atoms with E-state index < -0.39 is 27.4 Å². The van der Waals surface area contributed by atoms with Crippen molar-refractivity contribution in [1.82, 2.24) is 9.80 Å². The van der Waals surface area contributed by atoms with Gasteiger partial charge in [-0.3, -0.25) is 19.7 Å². The first-order chi connectivity index (χ1) is 23.9. The van der Waals surface area contributed by atoms with Gasteiger partial charge in [-0.25, -0.2) is 8.78 Å². The number of carbonyl (C=O) groups is 2. The molecule has 2 N–H and O–H groups in total. The number of hydrogen-bond donors (Lipinski definition) is 1. The molecule has 15 heteroatoms. The minimum Gasteiger partial charge on any atom is -0.410 e. The van der Waals surface area contributed by atoms with Crippen molar-refractivity contribution in [2.45, 2.75) is 129 Å². The van der Waals surface area contributed by atoms with E-state index in [0.717, 1.165) is 6.07 Å². The van der Waals surface area contributed by atoms with E-state index in [1.165, 1.54) is 18.2 Å². The van der Waals surface area contributed by atoms with E-state index in [0.29, 0.717) is 81.5 Å². The molecule has 2 aromatic rings. The second-order valence-corrected chi connectivity index (χ2v) is 26.7. The number of nitro groups is 1. The smallest absolute Gasteiger partial charge is 0.272 e. The summed E-state index contributed by atoms with van der Waals surface area (Å²) >= 11 is 0. The topological polar surface area (TPSA) is 128 Å². The number of halogens is 2. The van der Waals surface area contributed by atoms with Crippen molar-refractivity contribution < 1.29 is 49.2 Å². The zero-order valence-electron chi connectivity index (χ0n) is 33.2. The van der Waals surface area contributed by atoms with Crippen LogP contribution in [0.2, 0.25) is 36.3 Å². The monoisotopic (exact) mass is 818 g/mol. The number of nitro benzene ring substituents is 1. The molecule has 0 unspecified atom stereocenters. The number of nitrogens with two attached hydrogens (primary N) is 1. The predicted molar refractivity (Wildman–Crippen MR) is 207 cm³/mol. The van der Waals surface area contributed by atoms with Crippen molar-refractivity contribution >= 4 is 39.8 Å². The number of nitrogens with zero attached hydrogens (tertiary/aromatic N) is 3. The van der Waals surface area contributed by atoms with Gasteiger partial charge in [-0.05, 0) is 91.3 Å². The van der Waals surface area contributed by atoms with Gasteiger partial charge >= 0.3 is 0 Å². The molecular formula is C38H60F2FeN4O6Si2. The first-order valence-corrected chi connectivity index (χ1v) is 24.1. The maximum Gasteiger partial charge on any atom is 0.272 e. The van der Waals surface area contributed by atoms with Crippen LogP contribution in [0.4, 0.5) is 20.2 Å². The summed E-state index contributed by atoms with van der Waals surface area (Å²) in [6.45, 7) is 24.7. The zero-order chi connectivity index (χ0) is 39.2. The SMILES string of the molecule is CC(C)(C)[Si](C)(C)OC1CN(C(=O)CCCc2ccc(N)cc2F)C1.CC(C)(C)[Si](C)(C)OC1CN(C(=O)CCCc2ccc([N+](=O)[O-])cc2F)C1.[Fe]. The van der Waals surface area contributed by atoms with Crippen LogP contribution in [0.25, 0.3) is 0 Å². The van der Waals surface area contributed by atoms with Crippen molar-refractivity contribution in [3.8, 4) is 0 Å². The summed E-state index contributed by atoms with van der Waals surface area (Å²) in [5, 5.41) is 11.0. The molecular weight excluding hydrogens is 758 g/mol. The van der Waals surface area contributed by atoms with Crippen LogP contribution in [0, 0.1) is 21.7 Å². The van der Waals surface area contributed by atoms with E-state index in [-0.39, 0.29) is 62.7 Å². The van der Waals surface area contributed by atoms with E-state index in [2.05, 4.69) is 67.7 Å². The average Bonchev–Trinajstić information content (AvgIpc) is 2.97. The van der Waals surface area contributed by atoms with Crippen LogP contribution in [-0.2, 0) is 48.4 Å². The number of non-ortho nitro benzene ring substituents is 1. The standard InChI is InChI=1S/C19H29FN2O4Si.C19H31FN2O2Si.Fe/c1-19(2,3)27(4,5)26-16-12-21(13-16)18(23)8-6-7-14-9-10-15(22(24)25)11-17(14)20;1-19(2,3)25(4,5)24-16-12-22(13-16)18(23)8-6-7-14-9-10-15(21)11-17(14)20;/h9-11,16H,6-8,12-13H2,1-5H3;9-11,16H,6-8,12-13,21H2,1-5H3;. The van der Waals surface area contributed by atoms with Gasteiger partial charge < -0.3 is 24.4 Å². The van der Waals surface area contributed by atoms with E-state index >= 15 is 0 Å². The Morgan fingerprint density at radius 1 is 0.774 bits per heavy atom. The van der Waals surface area contributed by atoms with Gasteiger partial charge in [0, 0.05) is 67.8 Å². The van der Waals surface area contributed by atoms with Crippen LogP contribution >= 0.6 is 0 Å². The molecule has 2 fully saturated rings. The number of benzene rings is 2. The van der Waals surface area contributed by atoms with Crippen LogP contribution in [0.3, 0.4) is 0 Å². The largest absolute Gasteiger partial charge is 0.410 e. The molecule has 2 aliphatic rings. The van der Waals surface area contributed by atoms with Gasteiger partial charge in [0.2, 0.25) is 11.8 Å². The summed E-state index contributed by atoms with van der Waals surface area (Å²) in [7, 11) is -3.59. The van der Waals surface area contributed by atoms with Gasteiger partial charge in [0.15, 0.2) is 16.6 Å². The van der Waals surface area contributed by atoms with Crippen LogP contribution in [0.5, 0.6) is 0 Å². The third-order valence-electron chi connectivity index (χ3n) is 10.9. The molecule has 2 amide bonds. The van der Waals surface area contributed by atoms with E-state index in [1.807, 2.05) is 4.90 Å². The molecule has 2 aliphatic heterocycles. The van der Waals surface area contributed by atoms with Crippen molar-refractivity contribution in [3.05, 3.63) is 69.3 Å². The molecule has 2 heterocycles. The average molecular weight is 819 g/mol. The Labute approximate surface area is 327 Å². The van der Waals surface area contributed by atoms with Crippen molar-refractivity contribution in [2.75, 3.05) is 31.9 Å². The molecule has 10 nitrogen and oxygen atoms in total. The summed E-state index contributed by atoms with van der Waals surface area (Å²) in [5.41, 5.74) is 6.72. The fraction of sp³-hybridized carbons (Fsp3) is 0.632. The maximum atomic E-state index is 13.9. The molecule has 53 heavy (non-hydrogen) atoms. The summed E-state index contributed by atoms with van der Waals surface area (Å²) in [5.74, 6) is -0.707. The number of amides is 2. The van der Waals surface area contributed by atoms with Crippen LogP contribution < -0.4 is 5.73 Å². The van der Waals surface area contributed by atoms with Crippen molar-refractivity contribution in [2.24, 2.45) is 0 Å². The molecule has 0 bridgehead atoms. The Morgan fingerprint density at radius 2 is 1.15 bits per heavy atom. The second kappa shape index (κ2) is 18.8. The summed E-state index contributed by atoms with van der Waals surface area (Å²) in [4.78, 5) is 38.1. The Bertz CT molecular complexity index is 1570. The summed E-state index contributed by atoms with van der Waals surface area (Å²) in [6.07, 6.45) is 3.14. The Morgan fingerprint density at radius 3 is 1.49 bits per heavy atom. The Kier molecular flexibility index (Phi) is 16.5. The molecule has 298 valence electrons. The summed E-state index contributed by atoms with van der Waals surface area (Å²) < 4.78 is 40.2. The molecule has 2 aromatic carbocycles. The quantitative estimate of drug-likeness (QED) is 0.0934. The number of nitrogen functional groups attached to an aromatic ring is 1. The first-order valence-electron chi connectivity index (χ1n) is 18.3. The number of rotatable bonds is 13. The van der Waals surface area contributed by atoms with Crippen molar-refractivity contribution in [1.29, 1.82) is 0 Å². The first kappa shape index (κ1) is 46.5. The molecule has 0 radical (unpaired) electrons. The fourth-order valence-electron chi connectivity index (χ4n) is 5.41. The van der Waals surface area contributed by atoms with Gasteiger partial charge in [-0.1, -0.05) is 47.6 Å². The maximum absolute atomic E-state index is 13.9. The minimum atomic E-state index is -1.82. The third kappa shape index (κ3) is 13.2. The van der Waals surface area contributed by atoms with E-state index in [1.54, 1.807) is 17.0 Å². The van der Waals surface area contributed by atoms with Crippen LogP contribution in [0.1, 0.15) is 78.4 Å². The molecule has 0 saturated carbocycles. The molecule has 2 saturated heterocycles. The summed E-state index contributed by atoms with van der Waals surface area (Å²) in [6, 6.07) is 8.36. The zero-order valence-corrected chi connectivity index (χ0v) is 36.3. The van der Waals surface area contributed by atoms with Gasteiger partial charge in [0.25, 0.3) is 5.69 Å². The number of aryl methyl sites for hydroxylation is 2. The van der Waals surface area contributed by atoms with Crippen molar-refractivity contribution in [3.63, 3.8) is 0 Å². The number of anilines is 1. The van der Waals surface area contributed by atoms with E-state index in [9.17, 15) is 28.5 Å². The number of hydrogen-bond acceptors (Lipinski definition) is 7. The molecule has 0 atom stereocenters. The van der Waals surface area contributed by atoms with Crippen LogP contribution in [-0.4, -0.2) is 81.6 Å². The van der Waals surface area contributed by atoms with Crippen LogP contribution in [0.15, 0.2) is 36.4 Å². The van der Waals surface area contributed by atoms with E-state index in [4.69, 9.17) is 14.6 Å². The second-order valence-electron chi connectivity index (χ2n) is 17.2. The number of likely N-dealkylation sites (tertiary alicyclic amines) is 2. The van der Waals surface area contributed by atoms with Gasteiger partial charge in [-0.15, -0.1) is 0 Å². The fourth-order valence-corrected chi connectivity index (χ4v) is 8.09. The van der Waals surface area contributed by atoms with Gasteiger partial charge in [0.1, 0.15) is 11.6 Å². The molecule has 4 rings (SSSR count). The molecule has 0 spiro atoms. The molecule has 0 aromatic heterocycles. The predicted octanol–water partition coefficient (Wildman–Crippen LogP) is 8.25. The normalized spacial score (nSPS) is 15.5. The van der Waals surface area contributed by atoms with Gasteiger partial charge in [-0.2, -0.15) is 0 Å².